The Bertz CT molecular complexity index is 431. The first-order chi connectivity index (χ1) is 7.97. The van der Waals surface area contributed by atoms with E-state index in [1.54, 1.807) is 11.1 Å². The van der Waals surface area contributed by atoms with Gasteiger partial charge in [-0.2, -0.15) is 0 Å². The van der Waals surface area contributed by atoms with Crippen molar-refractivity contribution >= 4 is 0 Å². The summed E-state index contributed by atoms with van der Waals surface area (Å²) < 4.78 is 0. The second-order valence-corrected chi connectivity index (χ2v) is 7.77. The minimum Gasteiger partial charge on any atom is -0.0995 e. The molecule has 0 aromatic carbocycles. The zero-order chi connectivity index (χ0) is 12.0. The molecule has 0 amide bonds. The van der Waals surface area contributed by atoms with Crippen LogP contribution in [0.2, 0.25) is 0 Å². The lowest BCUT2D eigenvalue weighted by molar-refractivity contribution is 0.0940. The minimum absolute atomic E-state index is 0.500. The fourth-order valence-corrected chi connectivity index (χ4v) is 6.29. The zero-order valence-electron chi connectivity index (χ0n) is 11.3. The van der Waals surface area contributed by atoms with E-state index in [4.69, 9.17) is 0 Å². The van der Waals surface area contributed by atoms with Gasteiger partial charge in [0.15, 0.2) is 0 Å². The van der Waals surface area contributed by atoms with Gasteiger partial charge >= 0.3 is 0 Å². The topological polar surface area (TPSA) is 0 Å². The van der Waals surface area contributed by atoms with Gasteiger partial charge < -0.3 is 0 Å². The maximum atomic E-state index is 4.38. The lowest BCUT2D eigenvalue weighted by atomic mass is 9.56. The van der Waals surface area contributed by atoms with Crippen LogP contribution in [0, 0.1) is 34.5 Å². The van der Waals surface area contributed by atoms with E-state index in [2.05, 4.69) is 27.0 Å². The van der Waals surface area contributed by atoms with Crippen LogP contribution in [0.4, 0.5) is 0 Å². The fraction of sp³-hybridized carbons (Fsp3) is 0.765. The van der Waals surface area contributed by atoms with Crippen LogP contribution in [-0.4, -0.2) is 0 Å². The molecular weight excluding hydrogens is 204 g/mol. The predicted molar refractivity (Wildman–Crippen MR) is 71.5 cm³/mol. The highest BCUT2D eigenvalue weighted by Gasteiger charge is 2.67. The molecule has 0 aromatic heterocycles. The maximum Gasteiger partial charge on any atom is -0.00850 e. The Morgan fingerprint density at radius 2 is 1.94 bits per heavy atom. The molecule has 0 heteroatoms. The largest absolute Gasteiger partial charge is 0.0995 e. The van der Waals surface area contributed by atoms with Crippen molar-refractivity contribution in [3.63, 3.8) is 0 Å². The van der Waals surface area contributed by atoms with E-state index in [1.165, 1.54) is 32.1 Å². The summed E-state index contributed by atoms with van der Waals surface area (Å²) in [6, 6.07) is 0. The third-order valence-corrected chi connectivity index (χ3v) is 7.31. The third kappa shape index (κ3) is 0.948. The molecule has 0 spiro atoms. The molecule has 92 valence electrons. The highest BCUT2D eigenvalue weighted by molar-refractivity contribution is 5.32. The third-order valence-electron chi connectivity index (χ3n) is 7.31. The van der Waals surface area contributed by atoms with Crippen molar-refractivity contribution in [3.05, 3.63) is 24.3 Å². The molecule has 0 bridgehead atoms. The maximum absolute atomic E-state index is 4.38. The molecule has 4 aliphatic carbocycles. The monoisotopic (exact) mass is 228 g/mol. The Hall–Kier alpha value is -0.520. The molecule has 0 heterocycles. The Morgan fingerprint density at radius 3 is 2.65 bits per heavy atom. The van der Waals surface area contributed by atoms with Crippen LogP contribution in [0.5, 0.6) is 0 Å². The molecule has 4 rings (SSSR count). The number of fused-ring (bicyclic) bond motifs is 5. The molecule has 0 aliphatic heterocycles. The molecule has 0 saturated heterocycles. The molecule has 4 fully saturated rings. The van der Waals surface area contributed by atoms with Crippen molar-refractivity contribution in [1.29, 1.82) is 0 Å². The molecule has 0 N–H and O–H groups in total. The molecule has 6 unspecified atom stereocenters. The van der Waals surface area contributed by atoms with E-state index >= 15 is 0 Å². The van der Waals surface area contributed by atoms with Crippen molar-refractivity contribution in [2.24, 2.45) is 34.5 Å². The Labute approximate surface area is 105 Å². The number of hydrogen-bond acceptors (Lipinski definition) is 0. The normalized spacial score (nSPS) is 59.9. The van der Waals surface area contributed by atoms with Gasteiger partial charge in [-0.3, -0.25) is 0 Å². The number of hydrogen-bond donors (Lipinski definition) is 0. The molecule has 4 saturated carbocycles. The van der Waals surface area contributed by atoms with Crippen LogP contribution in [-0.2, 0) is 0 Å². The standard InChI is InChI=1S/C17H24/c1-10-8-17(4)14(10)7-12-13-6-5-11(2)16(13,3)9-15(12)17/h12-15H,1-2,5-9H2,3-4H3. The minimum atomic E-state index is 0.500. The Balaban J connectivity index is 1.73. The van der Waals surface area contributed by atoms with Gasteiger partial charge in [0.25, 0.3) is 0 Å². The first kappa shape index (κ1) is 10.4. The van der Waals surface area contributed by atoms with Gasteiger partial charge in [-0.1, -0.05) is 38.2 Å². The van der Waals surface area contributed by atoms with Gasteiger partial charge in [-0.05, 0) is 66.6 Å². The van der Waals surface area contributed by atoms with E-state index in [0.29, 0.717) is 10.8 Å². The first-order valence-electron chi connectivity index (χ1n) is 7.33. The molecular formula is C17H24. The quantitative estimate of drug-likeness (QED) is 0.532. The summed E-state index contributed by atoms with van der Waals surface area (Å²) >= 11 is 0. The summed E-state index contributed by atoms with van der Waals surface area (Å²) in [5.74, 6) is 3.80. The zero-order valence-corrected chi connectivity index (χ0v) is 11.3. The van der Waals surface area contributed by atoms with Crippen molar-refractivity contribution in [2.75, 3.05) is 0 Å². The van der Waals surface area contributed by atoms with Crippen LogP contribution < -0.4 is 0 Å². The average molecular weight is 228 g/mol. The summed E-state index contributed by atoms with van der Waals surface area (Å²) in [5.41, 5.74) is 4.24. The van der Waals surface area contributed by atoms with Gasteiger partial charge in [0, 0.05) is 0 Å². The predicted octanol–water partition coefficient (Wildman–Crippen LogP) is 4.58. The van der Waals surface area contributed by atoms with Crippen LogP contribution >= 0.6 is 0 Å². The smallest absolute Gasteiger partial charge is 0.00850 e. The van der Waals surface area contributed by atoms with Crippen molar-refractivity contribution in [2.45, 2.75) is 46.0 Å². The summed E-state index contributed by atoms with van der Waals surface area (Å²) in [6.45, 7) is 13.7. The van der Waals surface area contributed by atoms with Crippen LogP contribution in [0.3, 0.4) is 0 Å². The Morgan fingerprint density at radius 1 is 1.18 bits per heavy atom. The molecule has 17 heavy (non-hydrogen) atoms. The summed E-state index contributed by atoms with van der Waals surface area (Å²) in [4.78, 5) is 0. The fourth-order valence-electron chi connectivity index (χ4n) is 6.29. The van der Waals surface area contributed by atoms with E-state index in [1.807, 2.05) is 0 Å². The summed E-state index contributed by atoms with van der Waals surface area (Å²) in [5, 5.41) is 0. The molecule has 6 atom stereocenters. The van der Waals surface area contributed by atoms with Crippen LogP contribution in [0.1, 0.15) is 46.0 Å². The highest BCUT2D eigenvalue weighted by atomic mass is 14.7. The molecule has 0 radical (unpaired) electrons. The molecule has 0 nitrogen and oxygen atoms in total. The first-order valence-corrected chi connectivity index (χ1v) is 7.33. The number of rotatable bonds is 0. The summed E-state index contributed by atoms with van der Waals surface area (Å²) in [7, 11) is 0. The lowest BCUT2D eigenvalue weighted by Gasteiger charge is -2.49. The lowest BCUT2D eigenvalue weighted by Crippen LogP contribution is -2.40. The van der Waals surface area contributed by atoms with Crippen molar-refractivity contribution in [3.8, 4) is 0 Å². The number of allylic oxidation sites excluding steroid dienone is 2. The highest BCUT2D eigenvalue weighted by Crippen LogP contribution is 2.75. The van der Waals surface area contributed by atoms with Gasteiger partial charge in [0.2, 0.25) is 0 Å². The van der Waals surface area contributed by atoms with E-state index in [-0.39, 0.29) is 0 Å². The van der Waals surface area contributed by atoms with E-state index in [9.17, 15) is 0 Å². The second kappa shape index (κ2) is 2.73. The second-order valence-electron chi connectivity index (χ2n) is 7.77. The van der Waals surface area contributed by atoms with Gasteiger partial charge in [0.1, 0.15) is 0 Å². The van der Waals surface area contributed by atoms with E-state index < -0.39 is 0 Å². The van der Waals surface area contributed by atoms with Gasteiger partial charge in [0.05, 0.1) is 0 Å². The van der Waals surface area contributed by atoms with Gasteiger partial charge in [-0.25, -0.2) is 0 Å². The molecule has 4 aliphatic rings. The SMILES string of the molecule is C=C1CC2(C)C1CC1C3CCC(=C)C3(C)CC12. The van der Waals surface area contributed by atoms with Crippen LogP contribution in [0.15, 0.2) is 24.3 Å². The van der Waals surface area contributed by atoms with Gasteiger partial charge in [-0.15, -0.1) is 0 Å². The van der Waals surface area contributed by atoms with Crippen LogP contribution in [0.25, 0.3) is 0 Å². The Kier molecular flexibility index (Phi) is 1.67. The summed E-state index contributed by atoms with van der Waals surface area (Å²) in [6.07, 6.45) is 6.92. The van der Waals surface area contributed by atoms with Crippen molar-refractivity contribution in [1.82, 2.24) is 0 Å². The molecule has 0 aromatic rings. The van der Waals surface area contributed by atoms with Crippen molar-refractivity contribution < 1.29 is 0 Å². The van der Waals surface area contributed by atoms with E-state index in [0.717, 1.165) is 23.7 Å². The average Bonchev–Trinajstić information content (AvgIpc) is 2.77.